The van der Waals surface area contributed by atoms with Crippen LogP contribution in [0.25, 0.3) is 10.8 Å². The summed E-state index contributed by atoms with van der Waals surface area (Å²) in [6, 6.07) is 10.4. The van der Waals surface area contributed by atoms with Gasteiger partial charge in [0.05, 0.1) is 14.2 Å². The molecule has 22 heavy (non-hydrogen) atoms. The van der Waals surface area contributed by atoms with Crippen molar-refractivity contribution in [1.82, 2.24) is 0 Å². The highest BCUT2D eigenvalue weighted by Crippen LogP contribution is 2.47. The fourth-order valence-corrected chi connectivity index (χ4v) is 3.91. The highest BCUT2D eigenvalue weighted by Gasteiger charge is 2.36. The first-order valence-electron chi connectivity index (χ1n) is 8.10. The van der Waals surface area contributed by atoms with Crippen LogP contribution in [0.15, 0.2) is 30.3 Å². The van der Waals surface area contributed by atoms with Crippen molar-refractivity contribution in [1.29, 1.82) is 0 Å². The molecule has 2 N–H and O–H groups in total. The van der Waals surface area contributed by atoms with E-state index in [4.69, 9.17) is 15.2 Å². The zero-order valence-electron chi connectivity index (χ0n) is 13.5. The van der Waals surface area contributed by atoms with Crippen LogP contribution in [0.4, 0.5) is 0 Å². The zero-order chi connectivity index (χ0) is 15.6. The van der Waals surface area contributed by atoms with E-state index in [-0.39, 0.29) is 5.41 Å². The molecule has 0 amide bonds. The molecule has 1 saturated carbocycles. The Kier molecular flexibility index (Phi) is 4.25. The Labute approximate surface area is 132 Å². The molecule has 2 aromatic carbocycles. The first kappa shape index (κ1) is 15.2. The van der Waals surface area contributed by atoms with E-state index < -0.39 is 0 Å². The van der Waals surface area contributed by atoms with Gasteiger partial charge in [-0.15, -0.1) is 0 Å². The van der Waals surface area contributed by atoms with Crippen molar-refractivity contribution in [2.75, 3.05) is 20.8 Å². The molecule has 3 heteroatoms. The van der Waals surface area contributed by atoms with Gasteiger partial charge in [-0.2, -0.15) is 0 Å². The molecule has 118 valence electrons. The molecule has 0 heterocycles. The summed E-state index contributed by atoms with van der Waals surface area (Å²) in [7, 11) is 3.48. The number of fused-ring (bicyclic) bond motifs is 1. The van der Waals surface area contributed by atoms with Crippen molar-refractivity contribution in [2.45, 2.75) is 37.5 Å². The Morgan fingerprint density at radius 3 is 2.27 bits per heavy atom. The molecule has 0 saturated heterocycles. The minimum Gasteiger partial charge on any atom is -0.496 e. The lowest BCUT2D eigenvalue weighted by molar-refractivity contribution is 0.287. The first-order valence-corrected chi connectivity index (χ1v) is 8.10. The van der Waals surface area contributed by atoms with Gasteiger partial charge in [-0.1, -0.05) is 43.5 Å². The smallest absolute Gasteiger partial charge is 0.130 e. The van der Waals surface area contributed by atoms with Gasteiger partial charge in [-0.05, 0) is 18.9 Å². The molecule has 2 aromatic rings. The highest BCUT2D eigenvalue weighted by atomic mass is 16.5. The molecule has 0 unspecified atom stereocenters. The number of hydrogen-bond acceptors (Lipinski definition) is 3. The summed E-state index contributed by atoms with van der Waals surface area (Å²) >= 11 is 0. The van der Waals surface area contributed by atoms with E-state index in [0.717, 1.165) is 35.1 Å². The summed E-state index contributed by atoms with van der Waals surface area (Å²) in [4.78, 5) is 0. The predicted octanol–water partition coefficient (Wildman–Crippen LogP) is 4.02. The summed E-state index contributed by atoms with van der Waals surface area (Å²) in [6.07, 6.45) is 6.02. The van der Waals surface area contributed by atoms with E-state index in [1.165, 1.54) is 24.8 Å². The van der Waals surface area contributed by atoms with Crippen LogP contribution in [0.2, 0.25) is 0 Å². The van der Waals surface area contributed by atoms with Gasteiger partial charge in [0.25, 0.3) is 0 Å². The number of rotatable bonds is 4. The van der Waals surface area contributed by atoms with E-state index in [9.17, 15) is 0 Å². The van der Waals surface area contributed by atoms with Crippen LogP contribution in [0.1, 0.15) is 37.7 Å². The Morgan fingerprint density at radius 1 is 1.00 bits per heavy atom. The maximum Gasteiger partial charge on any atom is 0.130 e. The average Bonchev–Trinajstić information content (AvgIpc) is 2.60. The first-order chi connectivity index (χ1) is 10.8. The Morgan fingerprint density at radius 2 is 1.68 bits per heavy atom. The van der Waals surface area contributed by atoms with Crippen molar-refractivity contribution in [3.8, 4) is 11.5 Å². The summed E-state index contributed by atoms with van der Waals surface area (Å²) in [5, 5.41) is 2.20. The molecule has 1 aliphatic rings. The molecule has 0 aromatic heterocycles. The van der Waals surface area contributed by atoms with Crippen LogP contribution in [-0.4, -0.2) is 20.8 Å². The van der Waals surface area contributed by atoms with Crippen molar-refractivity contribution in [3.63, 3.8) is 0 Å². The molecule has 1 fully saturated rings. The van der Waals surface area contributed by atoms with Gasteiger partial charge in [-0.3, -0.25) is 0 Å². The van der Waals surface area contributed by atoms with E-state index in [1.54, 1.807) is 14.2 Å². The summed E-state index contributed by atoms with van der Waals surface area (Å²) in [5.41, 5.74) is 7.46. The van der Waals surface area contributed by atoms with E-state index in [1.807, 2.05) is 12.1 Å². The van der Waals surface area contributed by atoms with Crippen LogP contribution in [0.3, 0.4) is 0 Å². The zero-order valence-corrected chi connectivity index (χ0v) is 13.5. The van der Waals surface area contributed by atoms with Gasteiger partial charge < -0.3 is 15.2 Å². The minimum absolute atomic E-state index is 0.0148. The summed E-state index contributed by atoms with van der Waals surface area (Å²) < 4.78 is 11.5. The maximum absolute atomic E-state index is 6.23. The number of nitrogens with two attached hydrogens (primary N) is 1. The van der Waals surface area contributed by atoms with E-state index in [2.05, 4.69) is 18.2 Å². The fourth-order valence-electron chi connectivity index (χ4n) is 3.91. The molecule has 0 spiro atoms. The van der Waals surface area contributed by atoms with Crippen LogP contribution in [0.5, 0.6) is 11.5 Å². The molecular formula is C19H25NO2. The van der Waals surface area contributed by atoms with Crippen molar-refractivity contribution < 1.29 is 9.47 Å². The van der Waals surface area contributed by atoms with Gasteiger partial charge >= 0.3 is 0 Å². The molecular weight excluding hydrogens is 274 g/mol. The van der Waals surface area contributed by atoms with Gasteiger partial charge in [0.1, 0.15) is 11.5 Å². The fraction of sp³-hybridized carbons (Fsp3) is 0.474. The standard InChI is InChI=1S/C19H25NO2/c1-21-17-12-16(19(13-20)10-6-3-7-11-19)18(22-2)15-9-5-4-8-14(15)17/h4-5,8-9,12H,3,6-7,10-11,13,20H2,1-2H3. The van der Waals surface area contributed by atoms with Gasteiger partial charge in [0, 0.05) is 28.3 Å². The topological polar surface area (TPSA) is 44.5 Å². The lowest BCUT2D eigenvalue weighted by atomic mass is 9.68. The van der Waals surface area contributed by atoms with Gasteiger partial charge in [0.15, 0.2) is 0 Å². The molecule has 0 bridgehead atoms. The minimum atomic E-state index is 0.0148. The molecule has 0 radical (unpaired) electrons. The monoisotopic (exact) mass is 299 g/mol. The quantitative estimate of drug-likeness (QED) is 0.927. The molecule has 0 atom stereocenters. The van der Waals surface area contributed by atoms with Gasteiger partial charge in [-0.25, -0.2) is 0 Å². The number of hydrogen-bond donors (Lipinski definition) is 1. The van der Waals surface area contributed by atoms with Crippen molar-refractivity contribution in [2.24, 2.45) is 5.73 Å². The van der Waals surface area contributed by atoms with Crippen LogP contribution >= 0.6 is 0 Å². The number of methoxy groups -OCH3 is 2. The van der Waals surface area contributed by atoms with Crippen LogP contribution in [0, 0.1) is 0 Å². The number of ether oxygens (including phenoxy) is 2. The lowest BCUT2D eigenvalue weighted by Gasteiger charge is -2.38. The highest BCUT2D eigenvalue weighted by molar-refractivity contribution is 5.95. The third-order valence-corrected chi connectivity index (χ3v) is 5.15. The normalized spacial score (nSPS) is 17.4. The van der Waals surface area contributed by atoms with Gasteiger partial charge in [0.2, 0.25) is 0 Å². The number of benzene rings is 2. The SMILES string of the molecule is COc1cc(C2(CN)CCCCC2)c(OC)c2ccccc12. The Hall–Kier alpha value is -1.74. The third kappa shape index (κ3) is 2.34. The molecule has 3 rings (SSSR count). The maximum atomic E-state index is 6.23. The van der Waals surface area contributed by atoms with Crippen LogP contribution in [-0.2, 0) is 5.41 Å². The Bertz CT molecular complexity index is 660. The van der Waals surface area contributed by atoms with E-state index in [0.29, 0.717) is 6.54 Å². The molecule has 3 nitrogen and oxygen atoms in total. The second-order valence-corrected chi connectivity index (χ2v) is 6.25. The van der Waals surface area contributed by atoms with Crippen molar-refractivity contribution >= 4 is 10.8 Å². The summed E-state index contributed by atoms with van der Waals surface area (Å²) in [6.45, 7) is 0.658. The van der Waals surface area contributed by atoms with Crippen molar-refractivity contribution in [3.05, 3.63) is 35.9 Å². The predicted molar refractivity (Wildman–Crippen MR) is 90.9 cm³/mol. The lowest BCUT2D eigenvalue weighted by Crippen LogP contribution is -2.37. The third-order valence-electron chi connectivity index (χ3n) is 5.15. The largest absolute Gasteiger partial charge is 0.496 e. The molecule has 1 aliphatic carbocycles. The van der Waals surface area contributed by atoms with Crippen LogP contribution < -0.4 is 15.2 Å². The molecule has 0 aliphatic heterocycles. The second-order valence-electron chi connectivity index (χ2n) is 6.25. The summed E-state index contributed by atoms with van der Waals surface area (Å²) in [5.74, 6) is 1.87. The average molecular weight is 299 g/mol. The Balaban J connectivity index is 2.28. The van der Waals surface area contributed by atoms with E-state index >= 15 is 0 Å². The second kappa shape index (κ2) is 6.17.